The molecule has 7 heteroatoms. The molecule has 0 bridgehead atoms. The zero-order valence-corrected chi connectivity index (χ0v) is 16.8. The van der Waals surface area contributed by atoms with Gasteiger partial charge >= 0.3 is 0 Å². The Bertz CT molecular complexity index is 910. The van der Waals surface area contributed by atoms with E-state index in [1.54, 1.807) is 18.0 Å². The van der Waals surface area contributed by atoms with Gasteiger partial charge in [-0.1, -0.05) is 48.4 Å². The zero-order valence-electron chi connectivity index (χ0n) is 15.3. The number of carbonyl (C=O) groups excluding carboxylic acids is 1. The van der Waals surface area contributed by atoms with E-state index in [9.17, 15) is 13.2 Å². The number of piperidine rings is 1. The zero-order chi connectivity index (χ0) is 19.4. The van der Waals surface area contributed by atoms with Crippen molar-refractivity contribution >= 4 is 27.5 Å². The maximum Gasteiger partial charge on any atom is 0.253 e. The molecule has 1 fully saturated rings. The number of hydrogen-bond acceptors (Lipinski definition) is 3. The van der Waals surface area contributed by atoms with E-state index in [-0.39, 0.29) is 15.8 Å². The largest absolute Gasteiger partial charge is 0.337 e. The molecule has 1 amide bonds. The molecule has 0 saturated carbocycles. The quantitative estimate of drug-likeness (QED) is 0.759. The molecule has 27 heavy (non-hydrogen) atoms. The summed E-state index contributed by atoms with van der Waals surface area (Å²) >= 11 is 6.18. The minimum Gasteiger partial charge on any atom is -0.337 e. The van der Waals surface area contributed by atoms with Gasteiger partial charge in [0.2, 0.25) is 10.0 Å². The van der Waals surface area contributed by atoms with Crippen LogP contribution in [-0.4, -0.2) is 43.7 Å². The summed E-state index contributed by atoms with van der Waals surface area (Å²) in [4.78, 5) is 14.4. The van der Waals surface area contributed by atoms with Crippen LogP contribution in [0.25, 0.3) is 0 Å². The molecule has 3 rings (SSSR count). The summed E-state index contributed by atoms with van der Waals surface area (Å²) in [6.45, 7) is 1.42. The molecule has 1 aliphatic heterocycles. The van der Waals surface area contributed by atoms with Crippen molar-refractivity contribution in [3.63, 3.8) is 0 Å². The Morgan fingerprint density at radius 2 is 1.74 bits per heavy atom. The highest BCUT2D eigenvalue weighted by atomic mass is 35.5. The Morgan fingerprint density at radius 1 is 1.07 bits per heavy atom. The van der Waals surface area contributed by atoms with E-state index < -0.39 is 10.0 Å². The first-order valence-electron chi connectivity index (χ1n) is 8.98. The van der Waals surface area contributed by atoms with Crippen LogP contribution in [0, 0.1) is 0 Å². The van der Waals surface area contributed by atoms with Crippen LogP contribution in [0.3, 0.4) is 0 Å². The lowest BCUT2D eigenvalue weighted by Gasteiger charge is -2.26. The lowest BCUT2D eigenvalue weighted by molar-refractivity contribution is 0.0785. The van der Waals surface area contributed by atoms with Gasteiger partial charge in [0.25, 0.3) is 5.91 Å². The molecule has 2 aromatic carbocycles. The minimum atomic E-state index is -3.70. The van der Waals surface area contributed by atoms with Crippen molar-refractivity contribution in [3.8, 4) is 0 Å². The van der Waals surface area contributed by atoms with E-state index in [0.29, 0.717) is 25.2 Å². The Balaban J connectivity index is 1.85. The third-order valence-corrected chi connectivity index (χ3v) is 7.10. The van der Waals surface area contributed by atoms with Gasteiger partial charge in [-0.05, 0) is 36.6 Å². The van der Waals surface area contributed by atoms with Gasteiger partial charge in [0.15, 0.2) is 0 Å². The fraction of sp³-hybridized carbons (Fsp3) is 0.350. The van der Waals surface area contributed by atoms with E-state index >= 15 is 0 Å². The Hall–Kier alpha value is -1.89. The smallest absolute Gasteiger partial charge is 0.253 e. The fourth-order valence-electron chi connectivity index (χ4n) is 3.23. The first-order valence-corrected chi connectivity index (χ1v) is 10.8. The molecule has 0 unspecified atom stereocenters. The van der Waals surface area contributed by atoms with E-state index in [1.807, 2.05) is 30.3 Å². The summed E-state index contributed by atoms with van der Waals surface area (Å²) in [5.74, 6) is -0.245. The van der Waals surface area contributed by atoms with Crippen LogP contribution < -0.4 is 0 Å². The molecule has 2 aromatic rings. The van der Waals surface area contributed by atoms with Crippen molar-refractivity contribution in [2.75, 3.05) is 20.1 Å². The van der Waals surface area contributed by atoms with Gasteiger partial charge < -0.3 is 4.90 Å². The van der Waals surface area contributed by atoms with Gasteiger partial charge in [0.05, 0.1) is 5.02 Å². The average Bonchev–Trinajstić information content (AvgIpc) is 2.69. The molecule has 0 aliphatic carbocycles. The highest BCUT2D eigenvalue weighted by Crippen LogP contribution is 2.28. The number of halogens is 1. The highest BCUT2D eigenvalue weighted by molar-refractivity contribution is 7.89. The van der Waals surface area contributed by atoms with E-state index in [1.165, 1.54) is 16.4 Å². The molecular formula is C20H23ClN2O3S. The average molecular weight is 407 g/mol. The van der Waals surface area contributed by atoms with Crippen molar-refractivity contribution in [3.05, 3.63) is 64.7 Å². The molecule has 1 saturated heterocycles. The van der Waals surface area contributed by atoms with Crippen LogP contribution in [0.1, 0.15) is 35.2 Å². The summed E-state index contributed by atoms with van der Waals surface area (Å²) in [5.41, 5.74) is 1.32. The molecule has 144 valence electrons. The van der Waals surface area contributed by atoms with Gasteiger partial charge in [-0.25, -0.2) is 8.42 Å². The van der Waals surface area contributed by atoms with Crippen molar-refractivity contribution in [2.24, 2.45) is 0 Å². The number of sulfonamides is 1. The molecule has 1 aliphatic rings. The molecule has 0 aromatic heterocycles. The Labute approximate surface area is 165 Å². The highest BCUT2D eigenvalue weighted by Gasteiger charge is 2.29. The second-order valence-corrected chi connectivity index (χ2v) is 9.07. The number of amides is 1. The predicted octanol–water partition coefficient (Wildman–Crippen LogP) is 3.79. The number of rotatable bonds is 5. The van der Waals surface area contributed by atoms with Crippen LogP contribution >= 0.6 is 11.6 Å². The molecular weight excluding hydrogens is 384 g/mol. The Kier molecular flexibility index (Phi) is 6.19. The van der Waals surface area contributed by atoms with E-state index in [2.05, 4.69) is 0 Å². The van der Waals surface area contributed by atoms with E-state index in [4.69, 9.17) is 11.6 Å². The molecule has 5 nitrogen and oxygen atoms in total. The lowest BCUT2D eigenvalue weighted by Crippen LogP contribution is -2.36. The number of carbonyl (C=O) groups is 1. The maximum atomic E-state index is 13.0. The molecule has 0 atom stereocenters. The Morgan fingerprint density at radius 3 is 2.41 bits per heavy atom. The summed E-state index contributed by atoms with van der Waals surface area (Å²) in [5, 5.41) is 0.142. The van der Waals surface area contributed by atoms with Crippen LogP contribution in [0.15, 0.2) is 53.4 Å². The minimum absolute atomic E-state index is 0.00466. The molecule has 0 radical (unpaired) electrons. The van der Waals surface area contributed by atoms with Gasteiger partial charge in [-0.2, -0.15) is 4.31 Å². The van der Waals surface area contributed by atoms with Gasteiger partial charge in [-0.15, -0.1) is 0 Å². The molecule has 0 spiro atoms. The molecule has 0 N–H and O–H groups in total. The second-order valence-electron chi connectivity index (χ2n) is 6.76. The summed E-state index contributed by atoms with van der Waals surface area (Å²) in [7, 11) is -2.01. The molecule has 1 heterocycles. The first-order chi connectivity index (χ1) is 12.9. The monoisotopic (exact) mass is 406 g/mol. The van der Waals surface area contributed by atoms with Gasteiger partial charge in [0, 0.05) is 32.2 Å². The SMILES string of the molecule is CN(Cc1ccccc1)C(=O)c1ccc(Cl)c(S(=O)(=O)N2CCCCC2)c1. The van der Waals surface area contributed by atoms with Crippen LogP contribution in [-0.2, 0) is 16.6 Å². The topological polar surface area (TPSA) is 57.7 Å². The third kappa shape index (κ3) is 4.51. The predicted molar refractivity (Wildman–Crippen MR) is 106 cm³/mol. The van der Waals surface area contributed by atoms with Crippen LogP contribution in [0.2, 0.25) is 5.02 Å². The van der Waals surface area contributed by atoms with Gasteiger partial charge in [-0.3, -0.25) is 4.79 Å². The fourth-order valence-corrected chi connectivity index (χ4v) is 5.25. The number of hydrogen-bond donors (Lipinski definition) is 0. The van der Waals surface area contributed by atoms with Crippen molar-refractivity contribution in [2.45, 2.75) is 30.7 Å². The van der Waals surface area contributed by atoms with Crippen LogP contribution in [0.5, 0.6) is 0 Å². The third-order valence-electron chi connectivity index (χ3n) is 4.72. The number of nitrogens with zero attached hydrogens (tertiary/aromatic N) is 2. The van der Waals surface area contributed by atoms with Crippen molar-refractivity contribution in [1.82, 2.24) is 9.21 Å². The van der Waals surface area contributed by atoms with Crippen molar-refractivity contribution in [1.29, 1.82) is 0 Å². The van der Waals surface area contributed by atoms with Crippen molar-refractivity contribution < 1.29 is 13.2 Å². The number of benzene rings is 2. The lowest BCUT2D eigenvalue weighted by atomic mass is 10.1. The normalized spacial score (nSPS) is 15.5. The summed E-state index contributed by atoms with van der Waals surface area (Å²) < 4.78 is 27.4. The van der Waals surface area contributed by atoms with Gasteiger partial charge in [0.1, 0.15) is 4.90 Å². The summed E-state index contributed by atoms with van der Waals surface area (Å²) in [6, 6.07) is 14.1. The first kappa shape index (κ1) is 19.9. The maximum absolute atomic E-state index is 13.0. The standard InChI is InChI=1S/C20H23ClN2O3S/c1-22(15-16-8-4-2-5-9-16)20(24)17-10-11-18(21)19(14-17)27(25,26)23-12-6-3-7-13-23/h2,4-5,8-11,14H,3,6-7,12-13,15H2,1H3. The second kappa shape index (κ2) is 8.42. The summed E-state index contributed by atoms with van der Waals surface area (Å²) in [6.07, 6.45) is 2.72. The van der Waals surface area contributed by atoms with E-state index in [0.717, 1.165) is 24.8 Å². The van der Waals surface area contributed by atoms with Crippen LogP contribution in [0.4, 0.5) is 0 Å².